The largest absolute Gasteiger partial charge is 0.493 e. The average Bonchev–Trinajstić information content (AvgIpc) is 3.36. The second-order valence-electron chi connectivity index (χ2n) is 7.17. The Kier molecular flexibility index (Phi) is 8.83. The van der Waals surface area contributed by atoms with E-state index in [0.29, 0.717) is 12.5 Å². The predicted octanol–water partition coefficient (Wildman–Crippen LogP) is 3.55. The van der Waals surface area contributed by atoms with Crippen molar-refractivity contribution in [3.05, 3.63) is 41.7 Å². The summed E-state index contributed by atoms with van der Waals surface area (Å²) in [5.74, 6) is 1.49. The molecule has 1 N–H and O–H groups in total. The maximum absolute atomic E-state index is 12.4. The third kappa shape index (κ3) is 6.91. The number of halogens is 4. The first-order chi connectivity index (χ1) is 14.3. The molecule has 31 heavy (non-hydrogen) atoms. The summed E-state index contributed by atoms with van der Waals surface area (Å²) in [5, 5.41) is 7.56. The van der Waals surface area contributed by atoms with Crippen molar-refractivity contribution in [2.24, 2.45) is 12.0 Å². The van der Waals surface area contributed by atoms with Crippen molar-refractivity contribution < 1.29 is 22.6 Å². The molecule has 1 aromatic heterocycles. The zero-order valence-corrected chi connectivity index (χ0v) is 20.0. The fraction of sp³-hybridized carbons (Fsp3) is 0.500. The number of rotatable bonds is 6. The minimum atomic E-state index is -4.40. The van der Waals surface area contributed by atoms with Gasteiger partial charge in [0.05, 0.1) is 13.3 Å². The number of guanidine groups is 1. The van der Waals surface area contributed by atoms with Crippen molar-refractivity contribution in [2.75, 3.05) is 33.9 Å². The SMILES string of the molecule is CN=C(NCc1ccc(OCC(F)(F)F)c(OC)c1)N1CCC(c2cnn(C)c2)C1.I. The summed E-state index contributed by atoms with van der Waals surface area (Å²) >= 11 is 0. The zero-order valence-electron chi connectivity index (χ0n) is 17.6. The summed E-state index contributed by atoms with van der Waals surface area (Å²) in [6.07, 6.45) is 0.560. The molecule has 0 aliphatic carbocycles. The Morgan fingerprint density at radius 2 is 2.10 bits per heavy atom. The van der Waals surface area contributed by atoms with Crippen LogP contribution in [0, 0.1) is 0 Å². The number of alkyl halides is 3. The normalized spacial score (nSPS) is 16.8. The number of benzene rings is 1. The smallest absolute Gasteiger partial charge is 0.422 e. The molecular weight excluding hydrogens is 526 g/mol. The molecule has 7 nitrogen and oxygen atoms in total. The second-order valence-corrected chi connectivity index (χ2v) is 7.17. The lowest BCUT2D eigenvalue weighted by Gasteiger charge is -2.22. The van der Waals surface area contributed by atoms with E-state index in [9.17, 15) is 13.2 Å². The number of nitrogens with zero attached hydrogens (tertiary/aromatic N) is 4. The summed E-state index contributed by atoms with van der Waals surface area (Å²) < 4.78 is 49.0. The van der Waals surface area contributed by atoms with Gasteiger partial charge in [-0.2, -0.15) is 18.3 Å². The van der Waals surface area contributed by atoms with Gasteiger partial charge in [-0.05, 0) is 29.7 Å². The fourth-order valence-electron chi connectivity index (χ4n) is 3.49. The van der Waals surface area contributed by atoms with Gasteiger partial charge in [-0.3, -0.25) is 9.67 Å². The van der Waals surface area contributed by atoms with Crippen LogP contribution in [0.2, 0.25) is 0 Å². The quantitative estimate of drug-likeness (QED) is 0.337. The average molecular weight is 553 g/mol. The van der Waals surface area contributed by atoms with E-state index in [-0.39, 0.29) is 35.5 Å². The van der Waals surface area contributed by atoms with Gasteiger partial charge in [0, 0.05) is 45.8 Å². The Bertz CT molecular complexity index is 888. The number of aryl methyl sites for hydroxylation is 1. The van der Waals surface area contributed by atoms with E-state index in [1.54, 1.807) is 23.9 Å². The van der Waals surface area contributed by atoms with Crippen LogP contribution in [0.3, 0.4) is 0 Å². The van der Waals surface area contributed by atoms with Gasteiger partial charge in [-0.15, -0.1) is 24.0 Å². The van der Waals surface area contributed by atoms with Crippen LogP contribution in [0.15, 0.2) is 35.6 Å². The summed E-state index contributed by atoms with van der Waals surface area (Å²) in [5.41, 5.74) is 2.06. The lowest BCUT2D eigenvalue weighted by Crippen LogP contribution is -2.39. The highest BCUT2D eigenvalue weighted by Gasteiger charge is 2.29. The van der Waals surface area contributed by atoms with Crippen LogP contribution in [-0.2, 0) is 13.6 Å². The maximum Gasteiger partial charge on any atom is 0.422 e. The van der Waals surface area contributed by atoms with E-state index in [0.717, 1.165) is 31.0 Å². The zero-order chi connectivity index (χ0) is 21.7. The Morgan fingerprint density at radius 3 is 2.71 bits per heavy atom. The van der Waals surface area contributed by atoms with Crippen LogP contribution in [-0.4, -0.2) is 60.7 Å². The highest BCUT2D eigenvalue weighted by molar-refractivity contribution is 14.0. The minimum Gasteiger partial charge on any atom is -0.493 e. The second kappa shape index (κ2) is 10.9. The monoisotopic (exact) mass is 553 g/mol. The third-order valence-corrected chi connectivity index (χ3v) is 4.97. The van der Waals surface area contributed by atoms with Gasteiger partial charge in [0.1, 0.15) is 0 Å². The Hall–Kier alpha value is -2.18. The van der Waals surface area contributed by atoms with E-state index < -0.39 is 12.8 Å². The molecule has 0 spiro atoms. The Labute approximate surface area is 196 Å². The van der Waals surface area contributed by atoms with Gasteiger partial charge in [-0.25, -0.2) is 0 Å². The summed E-state index contributed by atoms with van der Waals surface area (Å²) in [7, 11) is 5.04. The van der Waals surface area contributed by atoms with Gasteiger partial charge in [0.15, 0.2) is 24.1 Å². The van der Waals surface area contributed by atoms with E-state index in [4.69, 9.17) is 9.47 Å². The number of nitrogens with one attached hydrogen (secondary N) is 1. The number of methoxy groups -OCH3 is 1. The first-order valence-corrected chi connectivity index (χ1v) is 9.59. The van der Waals surface area contributed by atoms with E-state index in [2.05, 4.69) is 20.3 Å². The third-order valence-electron chi connectivity index (χ3n) is 4.97. The number of ether oxygens (including phenoxy) is 2. The molecule has 2 heterocycles. The topological polar surface area (TPSA) is 63.9 Å². The standard InChI is InChI=1S/C20H26F3N5O2.HI/c1-24-19(28-7-6-15(12-28)16-10-26-27(2)11-16)25-9-14-4-5-17(18(8-14)29-3)30-13-20(21,22)23;/h4-5,8,10-11,15H,6-7,9,12-13H2,1-3H3,(H,24,25);1H. The summed E-state index contributed by atoms with van der Waals surface area (Å²) in [6.45, 7) is 0.822. The van der Waals surface area contributed by atoms with Crippen molar-refractivity contribution in [3.8, 4) is 11.5 Å². The molecule has 0 amide bonds. The van der Waals surface area contributed by atoms with Crippen LogP contribution in [0.25, 0.3) is 0 Å². The predicted molar refractivity (Wildman–Crippen MR) is 122 cm³/mol. The molecule has 1 fully saturated rings. The molecule has 1 unspecified atom stereocenters. The fourth-order valence-corrected chi connectivity index (χ4v) is 3.49. The van der Waals surface area contributed by atoms with Crippen molar-refractivity contribution in [1.82, 2.24) is 20.0 Å². The molecule has 1 aliphatic rings. The number of hydrogen-bond acceptors (Lipinski definition) is 4. The molecule has 3 rings (SSSR count). The van der Waals surface area contributed by atoms with Crippen LogP contribution in [0.4, 0.5) is 13.2 Å². The molecular formula is C20H27F3IN5O2. The number of likely N-dealkylation sites (tertiary alicyclic amines) is 1. The number of aromatic nitrogens is 2. The highest BCUT2D eigenvalue weighted by Crippen LogP contribution is 2.30. The highest BCUT2D eigenvalue weighted by atomic mass is 127. The molecule has 2 aromatic rings. The van der Waals surface area contributed by atoms with Crippen LogP contribution in [0.1, 0.15) is 23.5 Å². The van der Waals surface area contributed by atoms with Gasteiger partial charge in [0.25, 0.3) is 0 Å². The molecule has 0 bridgehead atoms. The Balaban J connectivity index is 0.00000341. The van der Waals surface area contributed by atoms with Crippen LogP contribution < -0.4 is 14.8 Å². The van der Waals surface area contributed by atoms with Gasteiger partial charge in [-0.1, -0.05) is 6.07 Å². The first kappa shape index (κ1) is 25.1. The minimum absolute atomic E-state index is 0. The number of hydrogen-bond donors (Lipinski definition) is 1. The van der Waals surface area contributed by atoms with Gasteiger partial charge in [0.2, 0.25) is 0 Å². The maximum atomic E-state index is 12.4. The van der Waals surface area contributed by atoms with Crippen molar-refractivity contribution in [2.45, 2.75) is 25.1 Å². The summed E-state index contributed by atoms with van der Waals surface area (Å²) in [6, 6.07) is 4.85. The number of aliphatic imine (C=N–C) groups is 1. The Morgan fingerprint density at radius 1 is 1.32 bits per heavy atom. The van der Waals surface area contributed by atoms with Crippen LogP contribution >= 0.6 is 24.0 Å². The molecule has 11 heteroatoms. The molecule has 1 saturated heterocycles. The lowest BCUT2D eigenvalue weighted by molar-refractivity contribution is -0.153. The molecule has 0 radical (unpaired) electrons. The molecule has 1 atom stereocenters. The lowest BCUT2D eigenvalue weighted by atomic mass is 10.0. The van der Waals surface area contributed by atoms with E-state index in [1.165, 1.54) is 18.7 Å². The van der Waals surface area contributed by atoms with Crippen molar-refractivity contribution >= 4 is 29.9 Å². The summed E-state index contributed by atoms with van der Waals surface area (Å²) in [4.78, 5) is 6.55. The van der Waals surface area contributed by atoms with Crippen molar-refractivity contribution in [3.63, 3.8) is 0 Å². The molecule has 172 valence electrons. The first-order valence-electron chi connectivity index (χ1n) is 9.59. The van der Waals surface area contributed by atoms with Gasteiger partial charge < -0.3 is 19.7 Å². The van der Waals surface area contributed by atoms with Crippen LogP contribution in [0.5, 0.6) is 11.5 Å². The van der Waals surface area contributed by atoms with E-state index in [1.807, 2.05) is 19.4 Å². The van der Waals surface area contributed by atoms with E-state index >= 15 is 0 Å². The molecule has 1 aliphatic heterocycles. The van der Waals surface area contributed by atoms with Gasteiger partial charge >= 0.3 is 6.18 Å². The molecule has 1 aromatic carbocycles. The molecule has 0 saturated carbocycles. The van der Waals surface area contributed by atoms with Crippen molar-refractivity contribution in [1.29, 1.82) is 0 Å².